The minimum Gasteiger partial charge on any atom is -0.463 e. The predicted octanol–water partition coefficient (Wildman–Crippen LogP) is 1.96. The van der Waals surface area contributed by atoms with Crippen LogP contribution in [-0.4, -0.2) is 48.3 Å². The molecular formula is C14H27NO3. The van der Waals surface area contributed by atoms with Gasteiger partial charge in [-0.05, 0) is 32.4 Å². The Kier molecular flexibility index (Phi) is 8.01. The number of unbranched alkanes of at least 4 members (excludes halogenated alkanes) is 2. The van der Waals surface area contributed by atoms with Crippen molar-refractivity contribution in [1.29, 1.82) is 0 Å². The van der Waals surface area contributed by atoms with Gasteiger partial charge in [0.05, 0.1) is 0 Å². The monoisotopic (exact) mass is 257 g/mol. The zero-order valence-corrected chi connectivity index (χ0v) is 11.6. The summed E-state index contributed by atoms with van der Waals surface area (Å²) in [5, 5.41) is 9.80. The van der Waals surface area contributed by atoms with Crippen molar-refractivity contribution in [3.05, 3.63) is 0 Å². The highest BCUT2D eigenvalue weighted by molar-refractivity contribution is 5.69. The van der Waals surface area contributed by atoms with E-state index in [-0.39, 0.29) is 12.6 Å². The number of piperidine rings is 1. The molecule has 1 N–H and O–H groups in total. The first kappa shape index (κ1) is 15.4. The van der Waals surface area contributed by atoms with Crippen molar-refractivity contribution in [3.63, 3.8) is 0 Å². The zero-order valence-electron chi connectivity index (χ0n) is 11.6. The second kappa shape index (κ2) is 9.34. The summed E-state index contributed by atoms with van der Waals surface area (Å²) in [4.78, 5) is 13.6. The number of carbonyl (C=O) groups excluding carboxylic acids is 1. The van der Waals surface area contributed by atoms with E-state index in [4.69, 9.17) is 4.74 Å². The Labute approximate surface area is 110 Å². The van der Waals surface area contributed by atoms with Crippen LogP contribution >= 0.6 is 0 Å². The molecule has 1 atom stereocenters. The van der Waals surface area contributed by atoms with Crippen LogP contribution in [0.2, 0.25) is 0 Å². The summed E-state index contributed by atoms with van der Waals surface area (Å²) in [6, 6.07) is 0. The third kappa shape index (κ3) is 6.97. The maximum absolute atomic E-state index is 11.4. The van der Waals surface area contributed by atoms with Crippen LogP contribution in [0.5, 0.6) is 0 Å². The van der Waals surface area contributed by atoms with Gasteiger partial charge in [-0.3, -0.25) is 4.79 Å². The van der Waals surface area contributed by atoms with Gasteiger partial charge in [0.2, 0.25) is 0 Å². The summed E-state index contributed by atoms with van der Waals surface area (Å²) >= 11 is 0. The molecule has 0 aromatic carbocycles. The molecule has 0 bridgehead atoms. The molecule has 0 aromatic heterocycles. The topological polar surface area (TPSA) is 49.8 Å². The molecule has 1 heterocycles. The summed E-state index contributed by atoms with van der Waals surface area (Å²) in [7, 11) is 0. The average molecular weight is 257 g/mol. The number of carbonyl (C=O) groups is 1. The van der Waals surface area contributed by atoms with E-state index in [1.165, 1.54) is 19.3 Å². The van der Waals surface area contributed by atoms with Crippen LogP contribution in [0.1, 0.15) is 51.9 Å². The number of ether oxygens (including phenoxy) is 1. The first-order valence-electron chi connectivity index (χ1n) is 7.28. The fraction of sp³-hybridized carbons (Fsp3) is 0.929. The van der Waals surface area contributed by atoms with Crippen LogP contribution in [0, 0.1) is 0 Å². The Morgan fingerprint density at radius 2 is 2.00 bits per heavy atom. The van der Waals surface area contributed by atoms with Gasteiger partial charge >= 0.3 is 5.97 Å². The van der Waals surface area contributed by atoms with Crippen molar-refractivity contribution in [1.82, 2.24) is 4.90 Å². The number of hydrogen-bond donors (Lipinski definition) is 1. The number of likely N-dealkylation sites (tertiary alicyclic amines) is 1. The number of aliphatic hydroxyl groups excluding tert-OH is 1. The van der Waals surface area contributed by atoms with Gasteiger partial charge in [0.25, 0.3) is 0 Å². The molecule has 0 amide bonds. The Morgan fingerprint density at radius 3 is 2.67 bits per heavy atom. The van der Waals surface area contributed by atoms with Gasteiger partial charge in [0.15, 0.2) is 0 Å². The normalized spacial score (nSPS) is 18.6. The zero-order chi connectivity index (χ0) is 13.2. The highest BCUT2D eigenvalue weighted by Gasteiger charge is 2.15. The Bertz CT molecular complexity index is 227. The van der Waals surface area contributed by atoms with Crippen LogP contribution in [0.3, 0.4) is 0 Å². The van der Waals surface area contributed by atoms with Crippen LogP contribution in [0.4, 0.5) is 0 Å². The predicted molar refractivity (Wildman–Crippen MR) is 71.4 cm³/mol. The highest BCUT2D eigenvalue weighted by Crippen LogP contribution is 2.09. The molecule has 1 unspecified atom stereocenters. The van der Waals surface area contributed by atoms with Crippen LogP contribution in [0.15, 0.2) is 0 Å². The minimum atomic E-state index is -0.543. The van der Waals surface area contributed by atoms with Gasteiger partial charge in [0, 0.05) is 13.0 Å². The molecule has 0 radical (unpaired) electrons. The molecule has 0 saturated carbocycles. The van der Waals surface area contributed by atoms with Gasteiger partial charge in [-0.15, -0.1) is 0 Å². The molecular weight excluding hydrogens is 230 g/mol. The molecule has 18 heavy (non-hydrogen) atoms. The van der Waals surface area contributed by atoms with Crippen molar-refractivity contribution in [2.24, 2.45) is 0 Å². The van der Waals surface area contributed by atoms with E-state index in [0.717, 1.165) is 32.4 Å². The number of esters is 1. The van der Waals surface area contributed by atoms with Gasteiger partial charge in [-0.2, -0.15) is 0 Å². The number of hydrogen-bond acceptors (Lipinski definition) is 4. The molecule has 1 aliphatic heterocycles. The van der Waals surface area contributed by atoms with E-state index in [2.05, 4.69) is 11.8 Å². The van der Waals surface area contributed by atoms with Gasteiger partial charge in [0.1, 0.15) is 12.7 Å². The SMILES string of the molecule is CCCCCC(=O)OCC(O)CN1CCCCC1. The number of nitrogens with zero attached hydrogens (tertiary/aromatic N) is 1. The molecule has 4 heteroatoms. The number of rotatable bonds is 8. The lowest BCUT2D eigenvalue weighted by Gasteiger charge is -2.28. The minimum absolute atomic E-state index is 0.140. The smallest absolute Gasteiger partial charge is 0.305 e. The fourth-order valence-corrected chi connectivity index (χ4v) is 2.27. The van der Waals surface area contributed by atoms with Gasteiger partial charge in [-0.1, -0.05) is 26.2 Å². The van der Waals surface area contributed by atoms with Gasteiger partial charge < -0.3 is 14.7 Å². The van der Waals surface area contributed by atoms with E-state index < -0.39 is 6.10 Å². The first-order chi connectivity index (χ1) is 8.72. The van der Waals surface area contributed by atoms with Crippen molar-refractivity contribution in [2.75, 3.05) is 26.2 Å². The van der Waals surface area contributed by atoms with E-state index in [9.17, 15) is 9.90 Å². The molecule has 4 nitrogen and oxygen atoms in total. The largest absolute Gasteiger partial charge is 0.463 e. The van der Waals surface area contributed by atoms with Crippen molar-refractivity contribution < 1.29 is 14.6 Å². The molecule has 1 aliphatic rings. The lowest BCUT2D eigenvalue weighted by Crippen LogP contribution is -2.38. The standard InChI is InChI=1S/C14H27NO3/c1-2-3-5-8-14(17)18-12-13(16)11-15-9-6-4-7-10-15/h13,16H,2-12H2,1H3. The lowest BCUT2D eigenvalue weighted by atomic mass is 10.1. The fourth-order valence-electron chi connectivity index (χ4n) is 2.27. The molecule has 1 rings (SSSR count). The molecule has 1 saturated heterocycles. The second-order valence-corrected chi connectivity index (χ2v) is 5.16. The Morgan fingerprint density at radius 1 is 1.28 bits per heavy atom. The highest BCUT2D eigenvalue weighted by atomic mass is 16.5. The Hall–Kier alpha value is -0.610. The lowest BCUT2D eigenvalue weighted by molar-refractivity contribution is -0.147. The van der Waals surface area contributed by atoms with Crippen LogP contribution in [0.25, 0.3) is 0 Å². The maximum atomic E-state index is 11.4. The molecule has 1 fully saturated rings. The van der Waals surface area contributed by atoms with E-state index >= 15 is 0 Å². The summed E-state index contributed by atoms with van der Waals surface area (Å²) < 4.78 is 5.08. The van der Waals surface area contributed by atoms with Crippen LogP contribution < -0.4 is 0 Å². The first-order valence-corrected chi connectivity index (χ1v) is 7.28. The molecule has 0 aliphatic carbocycles. The number of aliphatic hydroxyl groups is 1. The van der Waals surface area contributed by atoms with Crippen molar-refractivity contribution >= 4 is 5.97 Å². The van der Waals surface area contributed by atoms with E-state index in [1.807, 2.05) is 0 Å². The van der Waals surface area contributed by atoms with Crippen molar-refractivity contribution in [2.45, 2.75) is 58.0 Å². The van der Waals surface area contributed by atoms with Crippen LogP contribution in [-0.2, 0) is 9.53 Å². The van der Waals surface area contributed by atoms with E-state index in [1.54, 1.807) is 0 Å². The summed E-state index contributed by atoms with van der Waals surface area (Å²) in [6.45, 7) is 4.99. The Balaban J connectivity index is 2.04. The summed E-state index contributed by atoms with van der Waals surface area (Å²) in [6.07, 6.45) is 6.70. The average Bonchev–Trinajstić information content (AvgIpc) is 2.38. The molecule has 0 aromatic rings. The summed E-state index contributed by atoms with van der Waals surface area (Å²) in [5.41, 5.74) is 0. The third-order valence-corrected chi connectivity index (χ3v) is 3.34. The molecule has 0 spiro atoms. The second-order valence-electron chi connectivity index (χ2n) is 5.16. The van der Waals surface area contributed by atoms with Crippen molar-refractivity contribution in [3.8, 4) is 0 Å². The molecule has 106 valence electrons. The maximum Gasteiger partial charge on any atom is 0.305 e. The summed E-state index contributed by atoms with van der Waals surface area (Å²) in [5.74, 6) is -0.179. The third-order valence-electron chi connectivity index (χ3n) is 3.34. The van der Waals surface area contributed by atoms with Gasteiger partial charge in [-0.25, -0.2) is 0 Å². The quantitative estimate of drug-likeness (QED) is 0.533. The van der Waals surface area contributed by atoms with E-state index in [0.29, 0.717) is 13.0 Å². The number of β-amino-alcohol motifs (C(OH)–C–C–N with tert-alkyl or cyclic N) is 1.